The third-order valence-electron chi connectivity index (χ3n) is 3.22. The Morgan fingerprint density at radius 1 is 0.938 bits per heavy atom. The Morgan fingerprint density at radius 3 is 1.94 bits per heavy atom. The van der Waals surface area contributed by atoms with Gasteiger partial charge in [-0.1, -0.05) is 30.3 Å². The van der Waals surface area contributed by atoms with Gasteiger partial charge in [-0.15, -0.1) is 12.4 Å². The average molecular weight is 248 g/mol. The number of halogens is 3. The van der Waals surface area contributed by atoms with Crippen LogP contribution in [0.5, 0.6) is 0 Å². The molecule has 1 aromatic rings. The number of rotatable bonds is 1. The lowest BCUT2D eigenvalue weighted by Crippen LogP contribution is -2.43. The first-order chi connectivity index (χ1) is 7.02. The molecule has 16 heavy (non-hydrogen) atoms. The first kappa shape index (κ1) is 13.4. The molecular weight excluding hydrogens is 232 g/mol. The lowest BCUT2D eigenvalue weighted by atomic mass is 9.76. The van der Waals surface area contributed by atoms with Crippen LogP contribution < -0.4 is 5.73 Å². The maximum Gasteiger partial charge on any atom is 0.248 e. The summed E-state index contributed by atoms with van der Waals surface area (Å²) in [7, 11) is 0. The standard InChI is InChI=1S/C12H15F2N.ClH/c13-12(14)8-6-11(15,7-9-12)10-4-2-1-3-5-10;/h1-5H,6-9,15H2;1H. The molecule has 2 rings (SSSR count). The van der Waals surface area contributed by atoms with Crippen LogP contribution in [0.15, 0.2) is 30.3 Å². The third kappa shape index (κ3) is 2.71. The minimum absolute atomic E-state index is 0. The Balaban J connectivity index is 0.00000128. The van der Waals surface area contributed by atoms with Crippen molar-refractivity contribution in [3.8, 4) is 0 Å². The van der Waals surface area contributed by atoms with Gasteiger partial charge >= 0.3 is 0 Å². The molecule has 0 bridgehead atoms. The monoisotopic (exact) mass is 247 g/mol. The highest BCUT2D eigenvalue weighted by molar-refractivity contribution is 5.85. The van der Waals surface area contributed by atoms with Crippen molar-refractivity contribution < 1.29 is 8.78 Å². The fraction of sp³-hybridized carbons (Fsp3) is 0.500. The van der Waals surface area contributed by atoms with E-state index in [1.54, 1.807) is 0 Å². The van der Waals surface area contributed by atoms with Gasteiger partial charge in [0.1, 0.15) is 0 Å². The second-order valence-corrected chi connectivity index (χ2v) is 4.38. The largest absolute Gasteiger partial charge is 0.321 e. The summed E-state index contributed by atoms with van der Waals surface area (Å²) in [6.07, 6.45) is 0.533. The lowest BCUT2D eigenvalue weighted by molar-refractivity contribution is -0.0514. The van der Waals surface area contributed by atoms with Crippen LogP contribution in [-0.4, -0.2) is 5.92 Å². The highest BCUT2D eigenvalue weighted by Crippen LogP contribution is 2.41. The van der Waals surface area contributed by atoms with E-state index in [0.717, 1.165) is 5.56 Å². The van der Waals surface area contributed by atoms with Gasteiger partial charge in [0, 0.05) is 18.4 Å². The zero-order chi connectivity index (χ0) is 10.9. The molecule has 0 radical (unpaired) electrons. The van der Waals surface area contributed by atoms with Gasteiger partial charge in [0.2, 0.25) is 5.92 Å². The van der Waals surface area contributed by atoms with Gasteiger partial charge < -0.3 is 5.73 Å². The summed E-state index contributed by atoms with van der Waals surface area (Å²) >= 11 is 0. The van der Waals surface area contributed by atoms with E-state index in [0.29, 0.717) is 12.8 Å². The average Bonchev–Trinajstić information content (AvgIpc) is 2.24. The minimum atomic E-state index is -2.52. The number of hydrogen-bond acceptors (Lipinski definition) is 1. The normalized spacial score (nSPS) is 22.2. The summed E-state index contributed by atoms with van der Waals surface area (Å²) in [6, 6.07) is 9.55. The van der Waals surface area contributed by atoms with Gasteiger partial charge in [0.15, 0.2) is 0 Å². The first-order valence-corrected chi connectivity index (χ1v) is 5.24. The highest BCUT2D eigenvalue weighted by atomic mass is 35.5. The van der Waals surface area contributed by atoms with Crippen molar-refractivity contribution in [2.45, 2.75) is 37.1 Å². The maximum absolute atomic E-state index is 13.0. The number of benzene rings is 1. The van der Waals surface area contributed by atoms with E-state index < -0.39 is 11.5 Å². The second-order valence-electron chi connectivity index (χ2n) is 4.38. The molecule has 1 aliphatic rings. The van der Waals surface area contributed by atoms with E-state index in [9.17, 15) is 8.78 Å². The van der Waals surface area contributed by atoms with Crippen molar-refractivity contribution in [2.75, 3.05) is 0 Å². The van der Waals surface area contributed by atoms with Crippen LogP contribution in [0, 0.1) is 0 Å². The zero-order valence-electron chi connectivity index (χ0n) is 8.96. The van der Waals surface area contributed by atoms with Crippen LogP contribution in [-0.2, 0) is 5.54 Å². The molecule has 0 atom stereocenters. The zero-order valence-corrected chi connectivity index (χ0v) is 9.77. The molecule has 4 heteroatoms. The number of nitrogens with two attached hydrogens (primary N) is 1. The van der Waals surface area contributed by atoms with Crippen molar-refractivity contribution in [1.29, 1.82) is 0 Å². The van der Waals surface area contributed by atoms with Crippen LogP contribution in [0.25, 0.3) is 0 Å². The third-order valence-corrected chi connectivity index (χ3v) is 3.22. The van der Waals surface area contributed by atoms with E-state index in [1.165, 1.54) is 0 Å². The summed E-state index contributed by atoms with van der Waals surface area (Å²) in [5.41, 5.74) is 6.59. The summed E-state index contributed by atoms with van der Waals surface area (Å²) < 4.78 is 26.0. The molecule has 1 aromatic carbocycles. The van der Waals surface area contributed by atoms with Crippen LogP contribution in [0.2, 0.25) is 0 Å². The Labute approximate surface area is 100 Å². The second kappa shape index (κ2) is 4.68. The predicted octanol–water partition coefficient (Wildman–Crippen LogP) is 3.47. The van der Waals surface area contributed by atoms with E-state index in [2.05, 4.69) is 0 Å². The van der Waals surface area contributed by atoms with Crippen LogP contribution in [0.1, 0.15) is 31.2 Å². The van der Waals surface area contributed by atoms with Crippen molar-refractivity contribution in [3.05, 3.63) is 35.9 Å². The molecule has 0 spiro atoms. The highest BCUT2D eigenvalue weighted by Gasteiger charge is 2.41. The number of hydrogen-bond donors (Lipinski definition) is 1. The Bertz CT molecular complexity index is 330. The van der Waals surface area contributed by atoms with E-state index >= 15 is 0 Å². The SMILES string of the molecule is Cl.NC1(c2ccccc2)CCC(F)(F)CC1. The van der Waals surface area contributed by atoms with Crippen molar-refractivity contribution in [2.24, 2.45) is 5.73 Å². The molecule has 1 nitrogen and oxygen atoms in total. The maximum atomic E-state index is 13.0. The fourth-order valence-corrected chi connectivity index (χ4v) is 2.12. The van der Waals surface area contributed by atoms with Crippen LogP contribution in [0.3, 0.4) is 0 Å². The van der Waals surface area contributed by atoms with Crippen molar-refractivity contribution in [1.82, 2.24) is 0 Å². The van der Waals surface area contributed by atoms with Crippen molar-refractivity contribution in [3.63, 3.8) is 0 Å². The van der Waals surface area contributed by atoms with Gasteiger partial charge in [-0.05, 0) is 18.4 Å². The van der Waals surface area contributed by atoms with Gasteiger partial charge in [-0.25, -0.2) is 8.78 Å². The number of alkyl halides is 2. The van der Waals surface area contributed by atoms with Crippen molar-refractivity contribution >= 4 is 12.4 Å². The predicted molar refractivity (Wildman–Crippen MR) is 63.0 cm³/mol. The van der Waals surface area contributed by atoms with Gasteiger partial charge in [-0.2, -0.15) is 0 Å². The summed E-state index contributed by atoms with van der Waals surface area (Å²) in [5.74, 6) is -2.52. The molecule has 0 amide bonds. The molecule has 1 saturated carbocycles. The Hall–Kier alpha value is -0.670. The summed E-state index contributed by atoms with van der Waals surface area (Å²) in [6.45, 7) is 0. The molecule has 2 N–H and O–H groups in total. The smallest absolute Gasteiger partial charge is 0.248 e. The van der Waals surface area contributed by atoms with Gasteiger partial charge in [-0.3, -0.25) is 0 Å². The Kier molecular flexibility index (Phi) is 3.92. The van der Waals surface area contributed by atoms with E-state index in [-0.39, 0.29) is 25.2 Å². The lowest BCUT2D eigenvalue weighted by Gasteiger charge is -2.37. The quantitative estimate of drug-likeness (QED) is 0.808. The van der Waals surface area contributed by atoms with Crippen LogP contribution >= 0.6 is 12.4 Å². The van der Waals surface area contributed by atoms with Crippen LogP contribution in [0.4, 0.5) is 8.78 Å². The topological polar surface area (TPSA) is 26.0 Å². The minimum Gasteiger partial charge on any atom is -0.321 e. The molecule has 1 fully saturated rings. The molecule has 0 aromatic heterocycles. The molecule has 0 unspecified atom stereocenters. The molecule has 0 aliphatic heterocycles. The molecule has 0 saturated heterocycles. The molecular formula is C12H16ClF2N. The molecule has 0 heterocycles. The Morgan fingerprint density at radius 2 is 1.44 bits per heavy atom. The molecule has 1 aliphatic carbocycles. The summed E-state index contributed by atoms with van der Waals surface area (Å²) in [5, 5.41) is 0. The van der Waals surface area contributed by atoms with Gasteiger partial charge in [0.25, 0.3) is 0 Å². The first-order valence-electron chi connectivity index (χ1n) is 5.24. The van der Waals surface area contributed by atoms with E-state index in [4.69, 9.17) is 5.73 Å². The van der Waals surface area contributed by atoms with Gasteiger partial charge in [0.05, 0.1) is 0 Å². The van der Waals surface area contributed by atoms with E-state index in [1.807, 2.05) is 30.3 Å². The fourth-order valence-electron chi connectivity index (χ4n) is 2.12. The summed E-state index contributed by atoms with van der Waals surface area (Å²) in [4.78, 5) is 0. The molecule has 90 valence electrons.